The number of hydrogen-bond acceptors (Lipinski definition) is 4. The van der Waals surface area contributed by atoms with Crippen LogP contribution in [0.5, 0.6) is 0 Å². The molecule has 0 atom stereocenters. The Hall–Kier alpha value is -1.07. The van der Waals surface area contributed by atoms with E-state index in [0.717, 1.165) is 26.1 Å². The van der Waals surface area contributed by atoms with Crippen molar-refractivity contribution in [3.8, 4) is 0 Å². The van der Waals surface area contributed by atoms with Gasteiger partial charge in [-0.1, -0.05) is 0 Å². The zero-order valence-corrected chi connectivity index (χ0v) is 11.6. The molecule has 2 rings (SSSR count). The van der Waals surface area contributed by atoms with Crippen LogP contribution < -0.4 is 5.73 Å². The molecule has 1 fully saturated rings. The smallest absolute Gasteiger partial charge is 0.339 e. The van der Waals surface area contributed by atoms with Crippen molar-refractivity contribution in [2.45, 2.75) is 12.8 Å². The van der Waals surface area contributed by atoms with Gasteiger partial charge < -0.3 is 15.2 Å². The van der Waals surface area contributed by atoms with Crippen molar-refractivity contribution in [3.63, 3.8) is 0 Å². The summed E-state index contributed by atoms with van der Waals surface area (Å²) in [5.74, 6) is 0.0724. The highest BCUT2D eigenvalue weighted by Crippen LogP contribution is 2.21. The largest absolute Gasteiger partial charge is 0.462 e. The van der Waals surface area contributed by atoms with Gasteiger partial charge in [-0.05, 0) is 52.9 Å². The van der Waals surface area contributed by atoms with Gasteiger partial charge in [0.2, 0.25) is 0 Å². The highest BCUT2D eigenvalue weighted by molar-refractivity contribution is 9.10. The number of rotatable bonds is 3. The monoisotopic (exact) mass is 313 g/mol. The number of carbonyl (C=O) groups is 1. The topological polar surface area (TPSA) is 61.6 Å². The maximum Gasteiger partial charge on any atom is 0.339 e. The normalized spacial score (nSPS) is 16.5. The molecular formula is C13H16BrNO3. The number of hydrogen-bond donors (Lipinski definition) is 1. The van der Waals surface area contributed by atoms with E-state index in [1.165, 1.54) is 0 Å². The summed E-state index contributed by atoms with van der Waals surface area (Å²) in [4.78, 5) is 11.9. The van der Waals surface area contributed by atoms with Crippen LogP contribution in [0.2, 0.25) is 0 Å². The van der Waals surface area contributed by atoms with Crippen LogP contribution in [0.4, 0.5) is 5.69 Å². The average Bonchev–Trinajstić information content (AvgIpc) is 2.40. The van der Waals surface area contributed by atoms with Crippen molar-refractivity contribution >= 4 is 27.6 Å². The van der Waals surface area contributed by atoms with E-state index >= 15 is 0 Å². The first-order valence-corrected chi connectivity index (χ1v) is 6.76. The minimum absolute atomic E-state index is 0.333. The van der Waals surface area contributed by atoms with Gasteiger partial charge in [0, 0.05) is 23.4 Å². The molecule has 0 radical (unpaired) electrons. The summed E-state index contributed by atoms with van der Waals surface area (Å²) in [7, 11) is 0. The molecule has 1 saturated heterocycles. The number of ether oxygens (including phenoxy) is 2. The Morgan fingerprint density at radius 2 is 2.17 bits per heavy atom. The molecule has 1 aliphatic heterocycles. The van der Waals surface area contributed by atoms with Crippen molar-refractivity contribution in [2.75, 3.05) is 25.6 Å². The molecule has 1 heterocycles. The maximum absolute atomic E-state index is 11.9. The van der Waals surface area contributed by atoms with Crippen LogP contribution in [0.1, 0.15) is 23.2 Å². The van der Waals surface area contributed by atoms with E-state index in [1.54, 1.807) is 18.2 Å². The molecule has 0 amide bonds. The first kappa shape index (κ1) is 13.4. The molecule has 1 aromatic carbocycles. The van der Waals surface area contributed by atoms with Crippen LogP contribution in [0, 0.1) is 5.92 Å². The third kappa shape index (κ3) is 3.46. The lowest BCUT2D eigenvalue weighted by Crippen LogP contribution is -2.22. The summed E-state index contributed by atoms with van der Waals surface area (Å²) in [5, 5.41) is 0. The third-order valence-corrected chi connectivity index (χ3v) is 3.69. The highest BCUT2D eigenvalue weighted by Gasteiger charge is 2.18. The van der Waals surface area contributed by atoms with Gasteiger partial charge in [-0.2, -0.15) is 0 Å². The van der Waals surface area contributed by atoms with E-state index in [2.05, 4.69) is 15.9 Å². The molecule has 4 nitrogen and oxygen atoms in total. The van der Waals surface area contributed by atoms with Crippen LogP contribution in [0.25, 0.3) is 0 Å². The Labute approximate surface area is 115 Å². The Morgan fingerprint density at radius 1 is 1.44 bits per heavy atom. The van der Waals surface area contributed by atoms with Gasteiger partial charge in [0.15, 0.2) is 0 Å². The standard InChI is InChI=1S/C13H16BrNO3/c14-12-2-1-10(15)7-11(12)13(16)18-8-9-3-5-17-6-4-9/h1-2,7,9H,3-6,8,15H2. The lowest BCUT2D eigenvalue weighted by molar-refractivity contribution is 0.0185. The highest BCUT2D eigenvalue weighted by atomic mass is 79.9. The lowest BCUT2D eigenvalue weighted by atomic mass is 10.0. The second kappa shape index (κ2) is 6.20. The minimum atomic E-state index is -0.333. The molecule has 0 bridgehead atoms. The molecule has 98 valence electrons. The van der Waals surface area contributed by atoms with E-state index in [-0.39, 0.29) is 5.97 Å². The zero-order chi connectivity index (χ0) is 13.0. The Morgan fingerprint density at radius 3 is 2.89 bits per heavy atom. The molecule has 0 aliphatic carbocycles. The molecule has 0 unspecified atom stereocenters. The van der Waals surface area contributed by atoms with E-state index in [9.17, 15) is 4.79 Å². The summed E-state index contributed by atoms with van der Waals surface area (Å²) < 4.78 is 11.3. The average molecular weight is 314 g/mol. The SMILES string of the molecule is Nc1ccc(Br)c(C(=O)OCC2CCOCC2)c1. The summed E-state index contributed by atoms with van der Waals surface area (Å²) in [6.07, 6.45) is 1.90. The fourth-order valence-electron chi connectivity index (χ4n) is 1.88. The van der Waals surface area contributed by atoms with Gasteiger partial charge in [0.1, 0.15) is 0 Å². The maximum atomic E-state index is 11.9. The quantitative estimate of drug-likeness (QED) is 0.688. The first-order chi connectivity index (χ1) is 8.66. The molecule has 18 heavy (non-hydrogen) atoms. The number of carbonyl (C=O) groups excluding carboxylic acids is 1. The summed E-state index contributed by atoms with van der Waals surface area (Å²) in [6, 6.07) is 5.11. The van der Waals surface area contributed by atoms with Crippen molar-refractivity contribution in [1.29, 1.82) is 0 Å². The second-order valence-corrected chi connectivity index (χ2v) is 5.25. The van der Waals surface area contributed by atoms with Gasteiger partial charge >= 0.3 is 5.97 Å². The van der Waals surface area contributed by atoms with Crippen molar-refractivity contribution in [3.05, 3.63) is 28.2 Å². The van der Waals surface area contributed by atoms with Crippen LogP contribution >= 0.6 is 15.9 Å². The number of benzene rings is 1. The van der Waals surface area contributed by atoms with Gasteiger partial charge in [-0.3, -0.25) is 0 Å². The number of anilines is 1. The molecule has 5 heteroatoms. The summed E-state index contributed by atoms with van der Waals surface area (Å²) in [6.45, 7) is 1.96. The second-order valence-electron chi connectivity index (χ2n) is 4.39. The van der Waals surface area contributed by atoms with Crippen molar-refractivity contribution in [1.82, 2.24) is 0 Å². The van der Waals surface area contributed by atoms with E-state index < -0.39 is 0 Å². The number of halogens is 1. The van der Waals surface area contributed by atoms with E-state index in [4.69, 9.17) is 15.2 Å². The van der Waals surface area contributed by atoms with Crippen molar-refractivity contribution < 1.29 is 14.3 Å². The number of esters is 1. The van der Waals surface area contributed by atoms with Crippen LogP contribution in [0.3, 0.4) is 0 Å². The Balaban J connectivity index is 1.92. The van der Waals surface area contributed by atoms with Crippen LogP contribution in [-0.2, 0) is 9.47 Å². The van der Waals surface area contributed by atoms with Gasteiger partial charge in [-0.25, -0.2) is 4.79 Å². The van der Waals surface area contributed by atoms with Gasteiger partial charge in [-0.15, -0.1) is 0 Å². The van der Waals surface area contributed by atoms with E-state index in [1.807, 2.05) is 0 Å². The van der Waals surface area contributed by atoms with Crippen LogP contribution in [-0.4, -0.2) is 25.8 Å². The lowest BCUT2D eigenvalue weighted by Gasteiger charge is -2.21. The minimum Gasteiger partial charge on any atom is -0.462 e. The van der Waals surface area contributed by atoms with Gasteiger partial charge in [0.05, 0.1) is 12.2 Å². The fourth-order valence-corrected chi connectivity index (χ4v) is 2.29. The zero-order valence-electron chi connectivity index (χ0n) is 10.0. The van der Waals surface area contributed by atoms with Crippen LogP contribution in [0.15, 0.2) is 22.7 Å². The number of nitrogens with two attached hydrogens (primary N) is 1. The van der Waals surface area contributed by atoms with Crippen molar-refractivity contribution in [2.24, 2.45) is 5.92 Å². The summed E-state index contributed by atoms with van der Waals surface area (Å²) in [5.41, 5.74) is 6.69. The summed E-state index contributed by atoms with van der Waals surface area (Å²) >= 11 is 3.32. The molecule has 0 spiro atoms. The molecule has 1 aromatic rings. The fraction of sp³-hybridized carbons (Fsp3) is 0.462. The molecule has 2 N–H and O–H groups in total. The van der Waals surface area contributed by atoms with Gasteiger partial charge in [0.25, 0.3) is 0 Å². The molecular weight excluding hydrogens is 298 g/mol. The molecule has 0 saturated carbocycles. The molecule has 0 aromatic heterocycles. The first-order valence-electron chi connectivity index (χ1n) is 5.96. The Kier molecular flexibility index (Phi) is 4.60. The predicted octanol–water partition coefficient (Wildman–Crippen LogP) is 2.61. The number of nitrogen functional groups attached to an aromatic ring is 1. The van der Waals surface area contributed by atoms with E-state index in [0.29, 0.717) is 28.2 Å². The molecule has 1 aliphatic rings. The predicted molar refractivity (Wildman–Crippen MR) is 72.4 cm³/mol. The third-order valence-electron chi connectivity index (χ3n) is 3.00. The Bertz CT molecular complexity index is 430.